The van der Waals surface area contributed by atoms with E-state index in [9.17, 15) is 13.2 Å². The van der Waals surface area contributed by atoms with Crippen LogP contribution in [-0.4, -0.2) is 31.3 Å². The molecule has 3 heterocycles. The van der Waals surface area contributed by atoms with E-state index in [4.69, 9.17) is 9.85 Å². The van der Waals surface area contributed by atoms with Gasteiger partial charge in [0.25, 0.3) is 0 Å². The predicted octanol–water partition coefficient (Wildman–Crippen LogP) is 3.81. The summed E-state index contributed by atoms with van der Waals surface area (Å²) in [5, 5.41) is 10.1. The minimum atomic E-state index is -4.58. The third kappa shape index (κ3) is 4.47. The normalized spacial score (nSPS) is 15.5. The number of nitrogens with zero attached hydrogens (tertiary/aromatic N) is 5. The fourth-order valence-electron chi connectivity index (χ4n) is 3.04. The molecule has 0 aliphatic rings. The fourth-order valence-corrected chi connectivity index (χ4v) is 3.04. The Morgan fingerprint density at radius 2 is 1.88 bits per heavy atom. The monoisotopic (exact) mass is 445 g/mol. The molecule has 11 heteroatoms. The van der Waals surface area contributed by atoms with E-state index in [1.54, 1.807) is 0 Å². The van der Waals surface area contributed by atoms with Gasteiger partial charge in [-0.15, -0.1) is 0 Å². The highest BCUT2D eigenvalue weighted by Crippen LogP contribution is 2.29. The van der Waals surface area contributed by atoms with Gasteiger partial charge in [-0.1, -0.05) is 30.3 Å². The van der Waals surface area contributed by atoms with Crippen molar-refractivity contribution >= 4 is 28.5 Å². The molecule has 166 valence electrons. The van der Waals surface area contributed by atoms with E-state index in [1.165, 1.54) is 12.3 Å². The number of halogens is 3. The lowest BCUT2D eigenvalue weighted by Gasteiger charge is -2.25. The molecule has 0 bridgehead atoms. The molecule has 0 fully saturated rings. The molecule has 0 radical (unpaired) electrons. The van der Waals surface area contributed by atoms with Gasteiger partial charge in [-0.25, -0.2) is 4.98 Å². The van der Waals surface area contributed by atoms with Crippen LogP contribution < -0.4 is 16.4 Å². The highest BCUT2D eigenvalue weighted by Gasteiger charge is 2.32. The molecule has 1 aromatic carbocycles. The van der Waals surface area contributed by atoms with Crippen molar-refractivity contribution in [1.29, 1.82) is 0 Å². The summed E-state index contributed by atoms with van der Waals surface area (Å²) in [6, 6.07) is 11.4. The Bertz CT molecular complexity index is 1320. The van der Waals surface area contributed by atoms with Gasteiger partial charge in [0, 0.05) is 17.6 Å². The number of nitrogens with one attached hydrogen (secondary N) is 2. The lowest BCUT2D eigenvalue weighted by molar-refractivity contribution is -0.141. The van der Waals surface area contributed by atoms with E-state index in [2.05, 4.69) is 30.7 Å². The van der Waals surface area contributed by atoms with Crippen molar-refractivity contribution in [1.82, 2.24) is 24.7 Å². The maximum Gasteiger partial charge on any atom is 0.433 e. The number of aromatic nitrogens is 5. The van der Waals surface area contributed by atoms with E-state index in [0.29, 0.717) is 0 Å². The van der Waals surface area contributed by atoms with Crippen molar-refractivity contribution < 1.29 is 17.3 Å². The number of hydrogen-bond donors (Lipinski definition) is 3. The molecule has 8 nitrogen and oxygen atoms in total. The summed E-state index contributed by atoms with van der Waals surface area (Å²) in [5.74, 6) is 0.187. The molecule has 4 N–H and O–H groups in total. The maximum absolute atomic E-state index is 12.8. The number of hydrogen-bond acceptors (Lipinski definition) is 7. The summed E-state index contributed by atoms with van der Waals surface area (Å²) in [5.41, 5.74) is 5.66. The largest absolute Gasteiger partial charge is 0.433 e. The summed E-state index contributed by atoms with van der Waals surface area (Å²) in [7, 11) is 0. The van der Waals surface area contributed by atoms with Crippen molar-refractivity contribution in [3.63, 3.8) is 0 Å². The lowest BCUT2D eigenvalue weighted by Crippen LogP contribution is -2.40. The average Bonchev–Trinajstić information content (AvgIpc) is 3.23. The molecule has 1 atom stereocenters. The van der Waals surface area contributed by atoms with Crippen LogP contribution in [-0.2, 0) is 18.7 Å². The van der Waals surface area contributed by atoms with Crippen LogP contribution in [0.15, 0.2) is 54.9 Å². The smallest absolute Gasteiger partial charge is 0.352 e. The quantitative estimate of drug-likeness (QED) is 0.414. The number of anilines is 3. The standard InChI is InChI=1S/C21H21F3N8/c1-20(25,13-6-4-3-5-7-13)12-27-19-30-17(15-11-28-32(2)18(15)31-19)29-14-8-9-16(26-10-14)21(22,23)24/h3-11H,12,25H2,1-2H3,(H2,27,29,30,31)/i2D3. The van der Waals surface area contributed by atoms with E-state index in [1.807, 2.05) is 37.3 Å². The molecule has 1 unspecified atom stereocenters. The van der Waals surface area contributed by atoms with Crippen molar-refractivity contribution in [2.24, 2.45) is 12.7 Å². The SMILES string of the molecule is [2H]C([2H])([2H])n1ncc2c(Nc3ccc(C(F)(F)F)nc3)nc(NCC(C)(N)c3ccccc3)nc21. The Labute approximate surface area is 185 Å². The summed E-state index contributed by atoms with van der Waals surface area (Å²) >= 11 is 0. The minimum absolute atomic E-state index is 0.00306. The summed E-state index contributed by atoms with van der Waals surface area (Å²) < 4.78 is 62.5. The molecule has 32 heavy (non-hydrogen) atoms. The zero-order valence-electron chi connectivity index (χ0n) is 19.9. The predicted molar refractivity (Wildman–Crippen MR) is 115 cm³/mol. The number of rotatable bonds is 6. The zero-order chi connectivity index (χ0) is 25.4. The zero-order valence-corrected chi connectivity index (χ0v) is 16.9. The van der Waals surface area contributed by atoms with Crippen LogP contribution in [0.3, 0.4) is 0 Å². The second kappa shape index (κ2) is 8.08. The second-order valence-corrected chi connectivity index (χ2v) is 7.38. The highest BCUT2D eigenvalue weighted by molar-refractivity contribution is 5.89. The molecule has 0 amide bonds. The summed E-state index contributed by atoms with van der Waals surface area (Å²) in [6.07, 6.45) is -2.31. The number of benzene rings is 1. The van der Waals surface area contributed by atoms with Crippen molar-refractivity contribution in [3.8, 4) is 0 Å². The lowest BCUT2D eigenvalue weighted by atomic mass is 9.93. The van der Waals surface area contributed by atoms with Crippen LogP contribution in [0.25, 0.3) is 11.0 Å². The van der Waals surface area contributed by atoms with Crippen molar-refractivity contribution in [2.45, 2.75) is 18.6 Å². The Morgan fingerprint density at radius 1 is 1.09 bits per heavy atom. The Morgan fingerprint density at radius 3 is 2.53 bits per heavy atom. The van der Waals surface area contributed by atoms with Crippen LogP contribution in [0.2, 0.25) is 0 Å². The van der Waals surface area contributed by atoms with Gasteiger partial charge < -0.3 is 16.4 Å². The van der Waals surface area contributed by atoms with Crippen LogP contribution >= 0.6 is 0 Å². The topological polar surface area (TPSA) is 107 Å². The molecule has 0 aliphatic heterocycles. The first-order valence-electron chi connectivity index (χ1n) is 11.0. The van der Waals surface area contributed by atoms with Crippen LogP contribution in [0.1, 0.15) is 22.3 Å². The summed E-state index contributed by atoms with van der Waals surface area (Å²) in [4.78, 5) is 12.1. The molecule has 0 spiro atoms. The fraction of sp³-hybridized carbons (Fsp3) is 0.238. The highest BCUT2D eigenvalue weighted by atomic mass is 19.4. The first-order chi connectivity index (χ1) is 16.3. The first kappa shape index (κ1) is 17.9. The average molecular weight is 445 g/mol. The first-order valence-corrected chi connectivity index (χ1v) is 9.49. The third-order valence-electron chi connectivity index (χ3n) is 4.79. The van der Waals surface area contributed by atoms with Gasteiger partial charge in [-0.3, -0.25) is 4.68 Å². The van der Waals surface area contributed by atoms with E-state index in [-0.39, 0.29) is 35.0 Å². The minimum Gasteiger partial charge on any atom is -0.352 e. The Balaban J connectivity index is 1.69. The van der Waals surface area contributed by atoms with Gasteiger partial charge in [-0.05, 0) is 24.6 Å². The maximum atomic E-state index is 12.8. The van der Waals surface area contributed by atoms with Gasteiger partial charge in [-0.2, -0.15) is 28.2 Å². The van der Waals surface area contributed by atoms with E-state index in [0.717, 1.165) is 22.5 Å². The second-order valence-electron chi connectivity index (χ2n) is 7.38. The number of fused-ring (bicyclic) bond motifs is 1. The van der Waals surface area contributed by atoms with Crippen LogP contribution in [0.4, 0.5) is 30.6 Å². The Kier molecular flexibility index (Phi) is 4.52. The van der Waals surface area contributed by atoms with E-state index >= 15 is 0 Å². The van der Waals surface area contributed by atoms with Gasteiger partial charge in [0.2, 0.25) is 5.95 Å². The van der Waals surface area contributed by atoms with Gasteiger partial charge >= 0.3 is 6.18 Å². The molecule has 3 aromatic heterocycles. The molecule has 4 rings (SSSR count). The molecule has 4 aromatic rings. The van der Waals surface area contributed by atoms with Gasteiger partial charge in [0.15, 0.2) is 5.65 Å². The molecular weight excluding hydrogens is 421 g/mol. The Hall–Kier alpha value is -3.73. The number of nitrogens with two attached hydrogens (primary N) is 1. The number of aryl methyl sites for hydroxylation is 1. The van der Waals surface area contributed by atoms with Crippen molar-refractivity contribution in [3.05, 3.63) is 66.1 Å². The molecule has 0 saturated heterocycles. The molecule has 0 saturated carbocycles. The third-order valence-corrected chi connectivity index (χ3v) is 4.79. The molecular formula is C21H21F3N8. The van der Waals surface area contributed by atoms with Crippen LogP contribution in [0, 0.1) is 0 Å². The van der Waals surface area contributed by atoms with Crippen LogP contribution in [0.5, 0.6) is 0 Å². The van der Waals surface area contributed by atoms with Crippen molar-refractivity contribution in [2.75, 3.05) is 17.2 Å². The van der Waals surface area contributed by atoms with Gasteiger partial charge in [0.05, 0.1) is 29.0 Å². The number of alkyl halides is 3. The molecule has 0 aliphatic carbocycles. The van der Waals surface area contributed by atoms with Gasteiger partial charge in [0.1, 0.15) is 11.5 Å². The number of pyridine rings is 1. The summed E-state index contributed by atoms with van der Waals surface area (Å²) in [6.45, 7) is -0.605. The van der Waals surface area contributed by atoms with E-state index < -0.39 is 24.4 Å².